The van der Waals surface area contributed by atoms with Crippen LogP contribution in [0.1, 0.15) is 44.3 Å². The van der Waals surface area contributed by atoms with Gasteiger partial charge in [-0.1, -0.05) is 35.0 Å². The third-order valence-corrected chi connectivity index (χ3v) is 3.90. The second kappa shape index (κ2) is 7.06. The van der Waals surface area contributed by atoms with Crippen LogP contribution in [-0.4, -0.2) is 18.6 Å². The quantitative estimate of drug-likeness (QED) is 0.918. The summed E-state index contributed by atoms with van der Waals surface area (Å²) >= 11 is 3.43. The van der Waals surface area contributed by atoms with Gasteiger partial charge in [0.05, 0.1) is 6.10 Å². The maximum absolute atomic E-state index is 11.6. The molecule has 1 amide bonds. The third-order valence-electron chi connectivity index (χ3n) is 3.37. The zero-order chi connectivity index (χ0) is 13.7. The van der Waals surface area contributed by atoms with Gasteiger partial charge in [-0.15, -0.1) is 0 Å². The first-order chi connectivity index (χ1) is 9.19. The number of nitrogens with one attached hydrogen (secondary N) is 1. The predicted molar refractivity (Wildman–Crippen MR) is 78.9 cm³/mol. The highest BCUT2D eigenvalue weighted by molar-refractivity contribution is 9.10. The Morgan fingerprint density at radius 3 is 2.84 bits per heavy atom. The lowest BCUT2D eigenvalue weighted by molar-refractivity contribution is -0.122. The lowest BCUT2D eigenvalue weighted by atomic mass is 9.97. The molecule has 2 atom stereocenters. The SMILES string of the molecule is CCCC(=O)NC1CCOC(c2ccc(Br)cc2)C1. The number of rotatable bonds is 4. The Labute approximate surface area is 122 Å². The average molecular weight is 326 g/mol. The smallest absolute Gasteiger partial charge is 0.220 e. The van der Waals surface area contributed by atoms with E-state index in [0.717, 1.165) is 23.7 Å². The second-order valence-electron chi connectivity index (χ2n) is 4.95. The molecule has 2 rings (SSSR count). The molecule has 0 aromatic heterocycles. The Morgan fingerprint density at radius 2 is 2.16 bits per heavy atom. The van der Waals surface area contributed by atoms with Crippen LogP contribution >= 0.6 is 15.9 Å². The van der Waals surface area contributed by atoms with Crippen molar-refractivity contribution in [1.82, 2.24) is 5.32 Å². The van der Waals surface area contributed by atoms with Gasteiger partial charge in [0.1, 0.15) is 0 Å². The predicted octanol–water partition coefficient (Wildman–Crippen LogP) is 3.59. The lowest BCUT2D eigenvalue weighted by Gasteiger charge is -2.30. The molecule has 1 fully saturated rings. The van der Waals surface area contributed by atoms with Gasteiger partial charge in [-0.3, -0.25) is 4.79 Å². The van der Waals surface area contributed by atoms with Gasteiger partial charge < -0.3 is 10.1 Å². The number of amides is 1. The number of ether oxygens (including phenoxy) is 1. The lowest BCUT2D eigenvalue weighted by Crippen LogP contribution is -2.39. The van der Waals surface area contributed by atoms with Crippen LogP contribution < -0.4 is 5.32 Å². The fraction of sp³-hybridized carbons (Fsp3) is 0.533. The minimum Gasteiger partial charge on any atom is -0.373 e. The van der Waals surface area contributed by atoms with Crippen LogP contribution in [0.2, 0.25) is 0 Å². The topological polar surface area (TPSA) is 38.3 Å². The normalized spacial score (nSPS) is 23.1. The van der Waals surface area contributed by atoms with Crippen LogP contribution in [0.15, 0.2) is 28.7 Å². The van der Waals surface area contributed by atoms with Gasteiger partial charge in [-0.2, -0.15) is 0 Å². The van der Waals surface area contributed by atoms with Crippen LogP contribution in [0.3, 0.4) is 0 Å². The molecule has 1 aromatic rings. The van der Waals surface area contributed by atoms with Crippen molar-refractivity contribution < 1.29 is 9.53 Å². The van der Waals surface area contributed by atoms with Gasteiger partial charge in [-0.25, -0.2) is 0 Å². The molecule has 1 N–H and O–H groups in total. The number of hydrogen-bond acceptors (Lipinski definition) is 2. The van der Waals surface area contributed by atoms with Gasteiger partial charge >= 0.3 is 0 Å². The van der Waals surface area contributed by atoms with E-state index in [1.807, 2.05) is 19.1 Å². The molecule has 2 unspecified atom stereocenters. The zero-order valence-corrected chi connectivity index (χ0v) is 12.8. The van der Waals surface area contributed by atoms with Gasteiger partial charge in [0, 0.05) is 23.5 Å². The molecule has 0 radical (unpaired) electrons. The first-order valence-corrected chi connectivity index (χ1v) is 7.64. The second-order valence-corrected chi connectivity index (χ2v) is 5.87. The molecule has 19 heavy (non-hydrogen) atoms. The van der Waals surface area contributed by atoms with Gasteiger partial charge in [0.2, 0.25) is 5.91 Å². The van der Waals surface area contributed by atoms with E-state index in [4.69, 9.17) is 4.74 Å². The highest BCUT2D eigenvalue weighted by Gasteiger charge is 2.24. The van der Waals surface area contributed by atoms with Crippen LogP contribution in [0, 0.1) is 0 Å². The van der Waals surface area contributed by atoms with Crippen molar-refractivity contribution >= 4 is 21.8 Å². The van der Waals surface area contributed by atoms with Gasteiger partial charge in [-0.05, 0) is 37.0 Å². The van der Waals surface area contributed by atoms with E-state index < -0.39 is 0 Å². The molecule has 0 saturated carbocycles. The zero-order valence-electron chi connectivity index (χ0n) is 11.2. The van der Waals surface area contributed by atoms with Crippen molar-refractivity contribution in [2.75, 3.05) is 6.61 Å². The molecule has 3 nitrogen and oxygen atoms in total. The summed E-state index contributed by atoms with van der Waals surface area (Å²) in [5, 5.41) is 3.10. The summed E-state index contributed by atoms with van der Waals surface area (Å²) in [6.45, 7) is 2.73. The highest BCUT2D eigenvalue weighted by Crippen LogP contribution is 2.29. The van der Waals surface area contributed by atoms with Crippen LogP contribution in [0.4, 0.5) is 0 Å². The first kappa shape index (κ1) is 14.5. The summed E-state index contributed by atoms with van der Waals surface area (Å²) in [6, 6.07) is 8.44. The number of carbonyl (C=O) groups is 1. The van der Waals surface area contributed by atoms with Crippen molar-refractivity contribution in [2.24, 2.45) is 0 Å². The molecule has 4 heteroatoms. The van der Waals surface area contributed by atoms with Crippen molar-refractivity contribution in [1.29, 1.82) is 0 Å². The van der Waals surface area contributed by atoms with E-state index >= 15 is 0 Å². The number of carbonyl (C=O) groups excluding carboxylic acids is 1. The summed E-state index contributed by atoms with van der Waals surface area (Å²) < 4.78 is 6.88. The van der Waals surface area contributed by atoms with Crippen LogP contribution in [0.25, 0.3) is 0 Å². The molecule has 1 aliphatic heterocycles. The molecular weight excluding hydrogens is 306 g/mol. The molecule has 1 aromatic carbocycles. The summed E-state index contributed by atoms with van der Waals surface area (Å²) in [5.41, 5.74) is 1.18. The monoisotopic (exact) mass is 325 g/mol. The van der Waals surface area contributed by atoms with Gasteiger partial charge in [0.15, 0.2) is 0 Å². The molecule has 1 aliphatic rings. The van der Waals surface area contributed by atoms with E-state index in [1.165, 1.54) is 5.56 Å². The van der Waals surface area contributed by atoms with Crippen molar-refractivity contribution in [3.05, 3.63) is 34.3 Å². The minimum absolute atomic E-state index is 0.0915. The van der Waals surface area contributed by atoms with E-state index in [9.17, 15) is 4.79 Å². The number of halogens is 1. The standard InChI is InChI=1S/C15H20BrNO2/c1-2-3-15(18)17-13-8-9-19-14(10-13)11-4-6-12(16)7-5-11/h4-7,13-14H,2-3,8-10H2,1H3,(H,17,18). The Balaban J connectivity index is 1.93. The third kappa shape index (κ3) is 4.32. The maximum Gasteiger partial charge on any atom is 0.220 e. The Morgan fingerprint density at radius 1 is 1.42 bits per heavy atom. The maximum atomic E-state index is 11.6. The molecule has 0 aliphatic carbocycles. The summed E-state index contributed by atoms with van der Waals surface area (Å²) in [6.07, 6.45) is 3.36. The number of hydrogen-bond donors (Lipinski definition) is 1. The largest absolute Gasteiger partial charge is 0.373 e. The summed E-state index contributed by atoms with van der Waals surface area (Å²) in [7, 11) is 0. The molecular formula is C15H20BrNO2. The van der Waals surface area contributed by atoms with Crippen LogP contribution in [0.5, 0.6) is 0 Å². The fourth-order valence-electron chi connectivity index (χ4n) is 2.36. The molecule has 0 spiro atoms. The average Bonchev–Trinajstić information content (AvgIpc) is 2.40. The van der Waals surface area contributed by atoms with E-state index in [-0.39, 0.29) is 18.1 Å². The fourth-order valence-corrected chi connectivity index (χ4v) is 2.63. The van der Waals surface area contributed by atoms with E-state index in [1.54, 1.807) is 0 Å². The van der Waals surface area contributed by atoms with Crippen molar-refractivity contribution in [3.8, 4) is 0 Å². The summed E-state index contributed by atoms with van der Waals surface area (Å²) in [5.74, 6) is 0.156. The number of benzene rings is 1. The Bertz CT molecular complexity index is 419. The molecule has 0 bridgehead atoms. The Hall–Kier alpha value is -0.870. The van der Waals surface area contributed by atoms with E-state index in [2.05, 4.69) is 33.4 Å². The summed E-state index contributed by atoms with van der Waals surface area (Å²) in [4.78, 5) is 11.6. The Kier molecular flexibility index (Phi) is 5.40. The highest BCUT2D eigenvalue weighted by atomic mass is 79.9. The van der Waals surface area contributed by atoms with E-state index in [0.29, 0.717) is 13.0 Å². The minimum atomic E-state index is 0.0915. The molecule has 1 heterocycles. The van der Waals surface area contributed by atoms with Crippen molar-refractivity contribution in [2.45, 2.75) is 44.8 Å². The van der Waals surface area contributed by atoms with Crippen molar-refractivity contribution in [3.63, 3.8) is 0 Å². The molecule has 1 saturated heterocycles. The van der Waals surface area contributed by atoms with Crippen LogP contribution in [-0.2, 0) is 9.53 Å². The first-order valence-electron chi connectivity index (χ1n) is 6.85. The van der Waals surface area contributed by atoms with Gasteiger partial charge in [0.25, 0.3) is 0 Å². The molecule has 104 valence electrons.